The van der Waals surface area contributed by atoms with E-state index in [1.54, 1.807) is 72.1 Å². The molecule has 2 rings (SSSR count). The van der Waals surface area contributed by atoms with Crippen molar-refractivity contribution in [1.29, 1.82) is 0 Å². The average molecular weight is 579 g/mol. The Labute approximate surface area is 223 Å². The molecule has 0 heterocycles. The van der Waals surface area contributed by atoms with Crippen LogP contribution in [0.3, 0.4) is 0 Å². The van der Waals surface area contributed by atoms with Crippen LogP contribution in [0.1, 0.15) is 24.0 Å². The highest BCUT2D eigenvalue weighted by atomic mass is 32.2. The summed E-state index contributed by atoms with van der Waals surface area (Å²) in [5.41, 5.74) is 2.02. The van der Waals surface area contributed by atoms with Gasteiger partial charge in [-0.05, 0) is 62.5 Å². The third-order valence-corrected chi connectivity index (χ3v) is 11.0. The number of hydrogen-bond donors (Lipinski definition) is 0. The maximum absolute atomic E-state index is 12.1. The van der Waals surface area contributed by atoms with Gasteiger partial charge in [-0.3, -0.25) is 8.37 Å². The minimum Gasteiger partial charge on any atom is -0.266 e. The number of benzene rings is 2. The van der Waals surface area contributed by atoms with Gasteiger partial charge in [0.2, 0.25) is 0 Å². The minimum absolute atomic E-state index is 0.197. The van der Waals surface area contributed by atoms with Crippen LogP contribution in [0.25, 0.3) is 0 Å². The highest BCUT2D eigenvalue weighted by molar-refractivity contribution is 8.04. The molecule has 0 bridgehead atoms. The standard InChI is InChI=1S/C24H34O6S5/c1-21-5-9-23(10-6-21)34(25,26)29-13-3-15-31-17-19-33-20-18-32-16-4-14-30-35(27,28)24-11-7-22(2)8-12-24/h5-12H,3-4,13-20H2,1-2H3. The lowest BCUT2D eigenvalue weighted by molar-refractivity contribution is 0.318. The smallest absolute Gasteiger partial charge is 0.266 e. The van der Waals surface area contributed by atoms with Gasteiger partial charge in [-0.25, -0.2) is 0 Å². The lowest BCUT2D eigenvalue weighted by Gasteiger charge is -2.07. The molecule has 0 N–H and O–H groups in total. The van der Waals surface area contributed by atoms with Crippen molar-refractivity contribution >= 4 is 55.5 Å². The first-order valence-corrected chi connectivity index (χ1v) is 17.6. The van der Waals surface area contributed by atoms with Gasteiger partial charge in [0.25, 0.3) is 20.2 Å². The molecule has 0 aliphatic heterocycles. The zero-order chi connectivity index (χ0) is 25.6. The van der Waals surface area contributed by atoms with Gasteiger partial charge in [0.1, 0.15) is 0 Å². The van der Waals surface area contributed by atoms with Gasteiger partial charge in [0.15, 0.2) is 0 Å². The van der Waals surface area contributed by atoms with E-state index in [0.717, 1.165) is 45.6 Å². The third-order valence-electron chi connectivity index (χ3n) is 4.71. The van der Waals surface area contributed by atoms with E-state index >= 15 is 0 Å². The molecule has 0 spiro atoms. The fraction of sp³-hybridized carbons (Fsp3) is 0.500. The molecule has 196 valence electrons. The molecule has 11 heteroatoms. The molecule has 0 fully saturated rings. The van der Waals surface area contributed by atoms with Crippen molar-refractivity contribution in [3.63, 3.8) is 0 Å². The Morgan fingerprint density at radius 3 is 1.20 bits per heavy atom. The first-order chi connectivity index (χ1) is 16.7. The molecule has 0 atom stereocenters. The third kappa shape index (κ3) is 12.4. The molecule has 6 nitrogen and oxygen atoms in total. The number of hydrogen-bond acceptors (Lipinski definition) is 9. The normalized spacial score (nSPS) is 12.2. The molecule has 0 aliphatic carbocycles. The highest BCUT2D eigenvalue weighted by Crippen LogP contribution is 2.16. The Hall–Kier alpha value is -0.690. The summed E-state index contributed by atoms with van der Waals surface area (Å²) in [6, 6.07) is 13.3. The van der Waals surface area contributed by atoms with Crippen molar-refractivity contribution in [1.82, 2.24) is 0 Å². The first-order valence-electron chi connectivity index (χ1n) is 11.4. The van der Waals surface area contributed by atoms with Crippen LogP contribution < -0.4 is 0 Å². The van der Waals surface area contributed by atoms with Gasteiger partial charge in [-0.1, -0.05) is 35.4 Å². The second kappa shape index (κ2) is 16.2. The monoisotopic (exact) mass is 578 g/mol. The van der Waals surface area contributed by atoms with Crippen LogP contribution in [0, 0.1) is 13.8 Å². The van der Waals surface area contributed by atoms with Gasteiger partial charge < -0.3 is 0 Å². The SMILES string of the molecule is Cc1ccc(S(=O)(=O)OCCCSCCSCCSCCCOS(=O)(=O)c2ccc(C)cc2)cc1. The predicted molar refractivity (Wildman–Crippen MR) is 150 cm³/mol. The van der Waals surface area contributed by atoms with E-state index in [0.29, 0.717) is 12.8 Å². The zero-order valence-electron chi connectivity index (χ0n) is 20.2. The number of aryl methyl sites for hydroxylation is 2. The Balaban J connectivity index is 1.39. The largest absolute Gasteiger partial charge is 0.296 e. The van der Waals surface area contributed by atoms with Crippen molar-refractivity contribution < 1.29 is 25.2 Å². The van der Waals surface area contributed by atoms with E-state index < -0.39 is 20.2 Å². The Bertz CT molecular complexity index is 981. The molecule has 0 unspecified atom stereocenters. The Morgan fingerprint density at radius 1 is 0.543 bits per heavy atom. The molecular weight excluding hydrogens is 545 g/mol. The van der Waals surface area contributed by atoms with Gasteiger partial charge in [0, 0.05) is 23.0 Å². The van der Waals surface area contributed by atoms with E-state index in [1.165, 1.54) is 0 Å². The van der Waals surface area contributed by atoms with Crippen molar-refractivity contribution in [2.24, 2.45) is 0 Å². The molecule has 0 radical (unpaired) electrons. The van der Waals surface area contributed by atoms with Gasteiger partial charge in [-0.15, -0.1) is 0 Å². The Morgan fingerprint density at radius 2 is 0.857 bits per heavy atom. The van der Waals surface area contributed by atoms with Gasteiger partial charge in [0.05, 0.1) is 23.0 Å². The molecule has 0 aliphatic rings. The second-order valence-electron chi connectivity index (χ2n) is 7.72. The highest BCUT2D eigenvalue weighted by Gasteiger charge is 2.15. The fourth-order valence-electron chi connectivity index (χ4n) is 2.75. The van der Waals surface area contributed by atoms with Crippen LogP contribution in [0.15, 0.2) is 58.3 Å². The molecule has 0 saturated heterocycles. The summed E-state index contributed by atoms with van der Waals surface area (Å²) in [4.78, 5) is 0.398. The van der Waals surface area contributed by atoms with Crippen molar-refractivity contribution in [2.75, 3.05) is 47.7 Å². The molecule has 0 aromatic heterocycles. The van der Waals surface area contributed by atoms with Crippen molar-refractivity contribution in [2.45, 2.75) is 36.5 Å². The quantitative estimate of drug-likeness (QED) is 0.171. The first kappa shape index (κ1) is 30.5. The van der Waals surface area contributed by atoms with E-state index in [9.17, 15) is 16.8 Å². The summed E-state index contributed by atoms with van der Waals surface area (Å²) >= 11 is 5.49. The van der Waals surface area contributed by atoms with Crippen molar-refractivity contribution in [3.8, 4) is 0 Å². The molecule has 2 aromatic rings. The fourth-order valence-corrected chi connectivity index (χ4v) is 7.77. The van der Waals surface area contributed by atoms with E-state index in [4.69, 9.17) is 8.37 Å². The summed E-state index contributed by atoms with van der Waals surface area (Å²) in [6.07, 6.45) is 1.38. The zero-order valence-corrected chi connectivity index (χ0v) is 24.3. The molecular formula is C24H34O6S5. The number of thioether (sulfide) groups is 3. The van der Waals surface area contributed by atoms with Crippen LogP contribution in [0.5, 0.6) is 0 Å². The maximum Gasteiger partial charge on any atom is 0.296 e. The topological polar surface area (TPSA) is 86.7 Å². The molecule has 0 saturated carbocycles. The lowest BCUT2D eigenvalue weighted by Crippen LogP contribution is -2.08. The second-order valence-corrected chi connectivity index (χ2v) is 14.6. The average Bonchev–Trinajstić information content (AvgIpc) is 2.82. The van der Waals surface area contributed by atoms with Gasteiger partial charge in [-0.2, -0.15) is 52.1 Å². The summed E-state index contributed by atoms with van der Waals surface area (Å²) in [7, 11) is -7.34. The molecule has 35 heavy (non-hydrogen) atoms. The summed E-state index contributed by atoms with van der Waals surface area (Å²) in [6.45, 7) is 4.21. The van der Waals surface area contributed by atoms with Crippen LogP contribution in [0.4, 0.5) is 0 Å². The predicted octanol–water partition coefficient (Wildman–Crippen LogP) is 5.39. The minimum atomic E-state index is -3.67. The van der Waals surface area contributed by atoms with E-state index in [-0.39, 0.29) is 23.0 Å². The van der Waals surface area contributed by atoms with Gasteiger partial charge >= 0.3 is 0 Å². The summed E-state index contributed by atoms with van der Waals surface area (Å²) in [5, 5.41) is 0. The van der Waals surface area contributed by atoms with E-state index in [2.05, 4.69) is 0 Å². The molecule has 2 aromatic carbocycles. The van der Waals surface area contributed by atoms with Crippen molar-refractivity contribution in [3.05, 3.63) is 59.7 Å². The van der Waals surface area contributed by atoms with Crippen LogP contribution in [0.2, 0.25) is 0 Å². The number of rotatable bonds is 18. The maximum atomic E-state index is 12.1. The summed E-state index contributed by atoms with van der Waals surface area (Å²) < 4.78 is 58.6. The lowest BCUT2D eigenvalue weighted by atomic mass is 10.2. The molecule has 0 amide bonds. The summed E-state index contributed by atoms with van der Waals surface area (Å²) in [5.74, 6) is 5.86. The van der Waals surface area contributed by atoms with E-state index in [1.807, 2.05) is 25.6 Å². The van der Waals surface area contributed by atoms with Crippen LogP contribution in [-0.2, 0) is 28.6 Å². The Kier molecular flexibility index (Phi) is 14.1. The van der Waals surface area contributed by atoms with Crippen LogP contribution in [-0.4, -0.2) is 64.6 Å². The van der Waals surface area contributed by atoms with Crippen LogP contribution >= 0.6 is 35.3 Å².